The molecule has 2 unspecified atom stereocenters. The molecular formula is C8H15FOP+. The van der Waals surface area contributed by atoms with Crippen LogP contribution in [0.1, 0.15) is 12.8 Å². The van der Waals surface area contributed by atoms with Crippen LogP contribution >= 0.6 is 7.49 Å². The summed E-state index contributed by atoms with van der Waals surface area (Å²) in [6.45, 7) is 3.57. The van der Waals surface area contributed by atoms with Crippen LogP contribution in [-0.2, 0) is 0 Å². The van der Waals surface area contributed by atoms with Crippen molar-refractivity contribution >= 4 is 7.49 Å². The minimum absolute atomic E-state index is 0.402. The van der Waals surface area contributed by atoms with Gasteiger partial charge in [0.2, 0.25) is 0 Å². The molecule has 0 radical (unpaired) electrons. The van der Waals surface area contributed by atoms with Gasteiger partial charge in [0.05, 0.1) is 6.16 Å². The predicted molar refractivity (Wildman–Crippen MR) is 48.1 cm³/mol. The maximum Gasteiger partial charge on any atom is 0.148 e. The second-order valence-electron chi connectivity index (χ2n) is 3.21. The largest absolute Gasteiger partial charge is 0.251 e. The molecule has 1 fully saturated rings. The first-order valence-corrected chi connectivity index (χ1v) is 6.30. The minimum atomic E-state index is -1.91. The molecule has 1 aliphatic heterocycles. The number of allylic oxidation sites excluding steroid dienone is 1. The topological polar surface area (TPSA) is 20.2 Å². The van der Waals surface area contributed by atoms with Gasteiger partial charge in [-0.2, -0.15) is 0 Å². The summed E-state index contributed by atoms with van der Waals surface area (Å²) in [4.78, 5) is 9.84. The van der Waals surface area contributed by atoms with Gasteiger partial charge in [0, 0.05) is 0 Å². The van der Waals surface area contributed by atoms with Crippen molar-refractivity contribution in [1.29, 1.82) is 0 Å². The molecule has 0 aliphatic carbocycles. The van der Waals surface area contributed by atoms with Gasteiger partial charge >= 0.3 is 0 Å². The fourth-order valence-electron chi connectivity index (χ4n) is 1.56. The zero-order valence-corrected chi connectivity index (χ0v) is 7.56. The smallest absolute Gasteiger partial charge is 0.148 e. The van der Waals surface area contributed by atoms with Crippen molar-refractivity contribution < 1.29 is 9.28 Å². The molecule has 0 bridgehead atoms. The van der Waals surface area contributed by atoms with E-state index in [0.717, 1.165) is 12.6 Å². The summed E-state index contributed by atoms with van der Waals surface area (Å²) in [5.74, 6) is 0. The van der Waals surface area contributed by atoms with Gasteiger partial charge in [-0.1, -0.05) is 12.7 Å². The maximum absolute atomic E-state index is 12.8. The summed E-state index contributed by atoms with van der Waals surface area (Å²) in [5.41, 5.74) is 0. The van der Waals surface area contributed by atoms with Crippen molar-refractivity contribution in [3.8, 4) is 0 Å². The Labute approximate surface area is 67.7 Å². The molecule has 0 saturated carbocycles. The number of hydrogen-bond donors (Lipinski definition) is 1. The van der Waals surface area contributed by atoms with Gasteiger partial charge in [0.25, 0.3) is 0 Å². The van der Waals surface area contributed by atoms with Crippen LogP contribution in [-0.4, -0.2) is 29.6 Å². The molecule has 3 heteroatoms. The van der Waals surface area contributed by atoms with Crippen LogP contribution in [0, 0.1) is 0 Å². The quantitative estimate of drug-likeness (QED) is 0.506. The average Bonchev–Trinajstić information content (AvgIpc) is 1.86. The number of rotatable bonds is 2. The van der Waals surface area contributed by atoms with Crippen molar-refractivity contribution in [2.24, 2.45) is 0 Å². The Morgan fingerprint density at radius 1 is 1.73 bits per heavy atom. The van der Waals surface area contributed by atoms with E-state index in [9.17, 15) is 9.28 Å². The van der Waals surface area contributed by atoms with Gasteiger partial charge in [0.1, 0.15) is 26.0 Å². The summed E-state index contributed by atoms with van der Waals surface area (Å²) in [6.07, 6.45) is 4.30. The summed E-state index contributed by atoms with van der Waals surface area (Å²) in [6, 6.07) is 0. The molecule has 1 rings (SSSR count). The average molecular weight is 177 g/mol. The first-order valence-electron chi connectivity index (χ1n) is 4.00. The van der Waals surface area contributed by atoms with E-state index in [0.29, 0.717) is 18.7 Å². The third kappa shape index (κ3) is 2.53. The van der Waals surface area contributed by atoms with Crippen molar-refractivity contribution in [3.05, 3.63) is 12.7 Å². The lowest BCUT2D eigenvalue weighted by molar-refractivity contribution is 0.326. The Morgan fingerprint density at radius 2 is 2.45 bits per heavy atom. The van der Waals surface area contributed by atoms with Crippen molar-refractivity contribution in [2.45, 2.75) is 19.0 Å². The van der Waals surface area contributed by atoms with E-state index in [1.807, 2.05) is 0 Å². The molecule has 0 aromatic heterocycles. The molecule has 1 N–H and O–H groups in total. The molecule has 11 heavy (non-hydrogen) atoms. The van der Waals surface area contributed by atoms with Crippen LogP contribution < -0.4 is 0 Å². The highest BCUT2D eigenvalue weighted by atomic mass is 31.2. The monoisotopic (exact) mass is 177 g/mol. The standard InChI is InChI=1S/C8H15FOP/c1-2-5-11(10)6-3-4-8(9)7-11/h2,8,10H,1,3-7H2/q+1. The third-order valence-corrected chi connectivity index (χ3v) is 5.26. The molecule has 0 spiro atoms. The van der Waals surface area contributed by atoms with Crippen LogP contribution in [0.25, 0.3) is 0 Å². The lowest BCUT2D eigenvalue weighted by Gasteiger charge is -2.25. The molecule has 0 aromatic rings. The molecule has 2 atom stereocenters. The Kier molecular flexibility index (Phi) is 3.03. The Balaban J connectivity index is 2.47. The van der Waals surface area contributed by atoms with E-state index in [1.54, 1.807) is 6.08 Å². The predicted octanol–water partition coefficient (Wildman–Crippen LogP) is 2.23. The summed E-state index contributed by atoms with van der Waals surface area (Å²) in [7, 11) is -1.91. The Bertz CT molecular complexity index is 151. The molecule has 1 aliphatic rings. The van der Waals surface area contributed by atoms with Gasteiger partial charge < -0.3 is 0 Å². The third-order valence-electron chi connectivity index (χ3n) is 2.10. The zero-order valence-electron chi connectivity index (χ0n) is 6.67. The highest BCUT2D eigenvalue weighted by Crippen LogP contribution is 2.58. The van der Waals surface area contributed by atoms with E-state index in [2.05, 4.69) is 6.58 Å². The van der Waals surface area contributed by atoms with Crippen LogP contribution in [0.2, 0.25) is 0 Å². The number of alkyl halides is 1. The Hall–Kier alpha value is 0.0600. The van der Waals surface area contributed by atoms with Gasteiger partial charge in [-0.05, 0) is 12.8 Å². The molecular weight excluding hydrogens is 162 g/mol. The second-order valence-corrected chi connectivity index (χ2v) is 6.58. The fourth-order valence-corrected chi connectivity index (χ4v) is 4.25. The van der Waals surface area contributed by atoms with E-state index in [1.165, 1.54) is 0 Å². The Morgan fingerprint density at radius 3 is 3.00 bits per heavy atom. The van der Waals surface area contributed by atoms with E-state index < -0.39 is 13.7 Å². The fraction of sp³-hybridized carbons (Fsp3) is 0.750. The van der Waals surface area contributed by atoms with Crippen LogP contribution in [0.4, 0.5) is 4.39 Å². The molecule has 0 aromatic carbocycles. The van der Waals surface area contributed by atoms with E-state index in [-0.39, 0.29) is 0 Å². The molecule has 1 nitrogen and oxygen atoms in total. The molecule has 1 saturated heterocycles. The molecule has 0 amide bonds. The lowest BCUT2D eigenvalue weighted by atomic mass is 10.2. The van der Waals surface area contributed by atoms with Gasteiger partial charge in [-0.3, -0.25) is 4.89 Å². The van der Waals surface area contributed by atoms with Gasteiger partial charge in [-0.25, -0.2) is 4.39 Å². The number of halogens is 1. The number of hydrogen-bond acceptors (Lipinski definition) is 1. The van der Waals surface area contributed by atoms with Crippen LogP contribution in [0.5, 0.6) is 0 Å². The maximum atomic E-state index is 12.8. The summed E-state index contributed by atoms with van der Waals surface area (Å²) in [5, 5.41) is 0. The normalized spacial score (nSPS) is 38.5. The van der Waals surface area contributed by atoms with Crippen molar-refractivity contribution in [1.82, 2.24) is 0 Å². The SMILES string of the molecule is C=CC[P+]1(O)CCCC(F)C1. The second kappa shape index (κ2) is 3.64. The van der Waals surface area contributed by atoms with E-state index >= 15 is 0 Å². The first-order chi connectivity index (χ1) is 5.16. The molecule has 1 heterocycles. The highest BCUT2D eigenvalue weighted by molar-refractivity contribution is 7.70. The minimum Gasteiger partial charge on any atom is -0.251 e. The lowest BCUT2D eigenvalue weighted by Crippen LogP contribution is -2.21. The van der Waals surface area contributed by atoms with Gasteiger partial charge in [-0.15, -0.1) is 0 Å². The van der Waals surface area contributed by atoms with Crippen LogP contribution in [0.15, 0.2) is 12.7 Å². The summed E-state index contributed by atoms with van der Waals surface area (Å²) >= 11 is 0. The first kappa shape index (κ1) is 9.15. The van der Waals surface area contributed by atoms with Gasteiger partial charge in [0.15, 0.2) is 0 Å². The summed E-state index contributed by atoms with van der Waals surface area (Å²) < 4.78 is 12.8. The van der Waals surface area contributed by atoms with E-state index in [4.69, 9.17) is 0 Å². The van der Waals surface area contributed by atoms with Crippen molar-refractivity contribution in [3.63, 3.8) is 0 Å². The van der Waals surface area contributed by atoms with Crippen molar-refractivity contribution in [2.75, 3.05) is 18.5 Å². The van der Waals surface area contributed by atoms with Crippen LogP contribution in [0.3, 0.4) is 0 Å². The highest BCUT2D eigenvalue weighted by Gasteiger charge is 2.40. The molecule has 64 valence electrons. The zero-order chi connectivity index (χ0) is 8.32.